The highest BCUT2D eigenvalue weighted by Crippen LogP contribution is 2.38. The van der Waals surface area contributed by atoms with Crippen LogP contribution in [0.4, 0.5) is 0 Å². The number of phenolic OH excluding ortho intramolecular Hbond substituents is 1. The van der Waals surface area contributed by atoms with Crippen LogP contribution in [0.1, 0.15) is 15.9 Å². The monoisotopic (exact) mass is 404 g/mol. The molecule has 5 rings (SSSR count). The molecule has 0 aliphatic heterocycles. The van der Waals surface area contributed by atoms with Crippen molar-refractivity contribution in [1.29, 1.82) is 0 Å². The Kier molecular flexibility index (Phi) is 4.85. The van der Waals surface area contributed by atoms with Gasteiger partial charge in [-0.2, -0.15) is 0 Å². The minimum Gasteiger partial charge on any atom is -0.507 e. The Morgan fingerprint density at radius 2 is 1.32 bits per heavy atom. The number of carbonyl (C=O) groups is 1. The van der Waals surface area contributed by atoms with Gasteiger partial charge in [-0.3, -0.25) is 4.79 Å². The molecule has 0 bridgehead atoms. The fourth-order valence-corrected chi connectivity index (χ4v) is 4.10. The maximum Gasteiger partial charge on any atom is 0.153 e. The van der Waals surface area contributed by atoms with Gasteiger partial charge >= 0.3 is 0 Å². The van der Waals surface area contributed by atoms with Crippen molar-refractivity contribution in [3.8, 4) is 22.6 Å². The van der Waals surface area contributed by atoms with Gasteiger partial charge in [-0.1, -0.05) is 78.9 Å². The fourth-order valence-electron chi connectivity index (χ4n) is 4.10. The first-order chi connectivity index (χ1) is 15.3. The molecular weight excluding hydrogens is 384 g/mol. The largest absolute Gasteiger partial charge is 0.507 e. The number of benzene rings is 5. The van der Waals surface area contributed by atoms with Gasteiger partial charge in [-0.05, 0) is 39.7 Å². The van der Waals surface area contributed by atoms with Crippen LogP contribution in [-0.2, 0) is 6.61 Å². The number of rotatable bonds is 5. The lowest BCUT2D eigenvalue weighted by Crippen LogP contribution is -1.99. The van der Waals surface area contributed by atoms with E-state index in [0.29, 0.717) is 24.2 Å². The molecule has 1 N–H and O–H groups in total. The summed E-state index contributed by atoms with van der Waals surface area (Å²) in [4.78, 5) is 11.3. The zero-order valence-corrected chi connectivity index (χ0v) is 16.8. The predicted molar refractivity (Wildman–Crippen MR) is 125 cm³/mol. The Labute approximate surface area is 180 Å². The van der Waals surface area contributed by atoms with Gasteiger partial charge in [0.1, 0.15) is 18.1 Å². The summed E-state index contributed by atoms with van der Waals surface area (Å²) in [5.74, 6) is 0.613. The molecule has 0 spiro atoms. The van der Waals surface area contributed by atoms with Crippen LogP contribution in [-0.4, -0.2) is 11.4 Å². The van der Waals surface area contributed by atoms with E-state index in [1.165, 1.54) is 10.8 Å². The van der Waals surface area contributed by atoms with Crippen molar-refractivity contribution in [2.24, 2.45) is 0 Å². The summed E-state index contributed by atoms with van der Waals surface area (Å²) >= 11 is 0. The molecule has 0 heterocycles. The first-order valence-corrected chi connectivity index (χ1v) is 10.1. The fraction of sp³-hybridized carbons (Fsp3) is 0.0357. The van der Waals surface area contributed by atoms with E-state index in [2.05, 4.69) is 30.3 Å². The Bertz CT molecular complexity index is 1360. The summed E-state index contributed by atoms with van der Waals surface area (Å²) in [6.45, 7) is 0.382. The minimum absolute atomic E-state index is 0.0378. The summed E-state index contributed by atoms with van der Waals surface area (Å²) < 4.78 is 6.32. The number of fused-ring (bicyclic) bond motifs is 2. The Balaban J connectivity index is 1.59. The number of phenols is 1. The van der Waals surface area contributed by atoms with Crippen molar-refractivity contribution in [2.45, 2.75) is 6.61 Å². The standard InChI is InChI=1S/C28H20O3/c29-17-21-10-7-14-25(28(21)30)24-13-5-6-15-27(24)31-18-26-22-11-3-1-8-19(22)16-20-9-2-4-12-23(20)26/h1-17,30H,18H2. The number of aldehydes is 1. The molecule has 0 saturated carbocycles. The van der Waals surface area contributed by atoms with Crippen molar-refractivity contribution < 1.29 is 14.6 Å². The van der Waals surface area contributed by atoms with Gasteiger partial charge in [0.2, 0.25) is 0 Å². The molecule has 0 aromatic heterocycles. The molecule has 0 unspecified atom stereocenters. The smallest absolute Gasteiger partial charge is 0.153 e. The molecule has 0 saturated heterocycles. The normalized spacial score (nSPS) is 11.0. The molecule has 3 nitrogen and oxygen atoms in total. The zero-order chi connectivity index (χ0) is 21.2. The quantitative estimate of drug-likeness (QED) is 0.260. The van der Waals surface area contributed by atoms with E-state index in [0.717, 1.165) is 21.9 Å². The summed E-state index contributed by atoms with van der Waals surface area (Å²) in [7, 11) is 0. The van der Waals surface area contributed by atoms with Crippen LogP contribution in [0.15, 0.2) is 97.1 Å². The predicted octanol–water partition coefficient (Wildman–Crippen LogP) is 6.76. The third kappa shape index (κ3) is 3.40. The van der Waals surface area contributed by atoms with Crippen molar-refractivity contribution >= 4 is 27.8 Å². The second-order valence-electron chi connectivity index (χ2n) is 7.44. The van der Waals surface area contributed by atoms with Crippen LogP contribution in [0.25, 0.3) is 32.7 Å². The highest BCUT2D eigenvalue weighted by Gasteiger charge is 2.14. The second kappa shape index (κ2) is 7.96. The summed E-state index contributed by atoms with van der Waals surface area (Å²) in [5.41, 5.74) is 2.69. The third-order valence-corrected chi connectivity index (χ3v) is 5.63. The lowest BCUT2D eigenvalue weighted by molar-refractivity contribution is 0.112. The van der Waals surface area contributed by atoms with Gasteiger partial charge in [0.25, 0.3) is 0 Å². The van der Waals surface area contributed by atoms with Crippen molar-refractivity contribution in [3.05, 3.63) is 108 Å². The first kappa shape index (κ1) is 18.9. The maximum atomic E-state index is 11.3. The average molecular weight is 404 g/mol. The first-order valence-electron chi connectivity index (χ1n) is 10.1. The number of para-hydroxylation sites is 2. The molecule has 0 atom stereocenters. The number of ether oxygens (including phenoxy) is 1. The van der Waals surface area contributed by atoms with E-state index in [4.69, 9.17) is 4.74 Å². The zero-order valence-electron chi connectivity index (χ0n) is 16.8. The Morgan fingerprint density at radius 1 is 0.710 bits per heavy atom. The Hall–Kier alpha value is -4.11. The second-order valence-corrected chi connectivity index (χ2v) is 7.44. The van der Waals surface area contributed by atoms with Crippen LogP contribution in [0, 0.1) is 0 Å². The minimum atomic E-state index is -0.0378. The average Bonchev–Trinajstić information content (AvgIpc) is 2.82. The molecule has 150 valence electrons. The van der Waals surface area contributed by atoms with Gasteiger partial charge < -0.3 is 9.84 Å². The van der Waals surface area contributed by atoms with Crippen molar-refractivity contribution in [2.75, 3.05) is 0 Å². The number of carbonyl (C=O) groups excluding carboxylic acids is 1. The van der Waals surface area contributed by atoms with Gasteiger partial charge in [0, 0.05) is 16.7 Å². The van der Waals surface area contributed by atoms with E-state index in [-0.39, 0.29) is 11.3 Å². The van der Waals surface area contributed by atoms with E-state index in [1.54, 1.807) is 18.2 Å². The summed E-state index contributed by atoms with van der Waals surface area (Å²) in [6, 6.07) is 31.5. The van der Waals surface area contributed by atoms with Crippen LogP contribution in [0.3, 0.4) is 0 Å². The summed E-state index contributed by atoms with van der Waals surface area (Å²) in [6.07, 6.45) is 0.657. The SMILES string of the molecule is O=Cc1cccc(-c2ccccc2OCc2c3ccccc3cc3ccccc23)c1O. The van der Waals surface area contributed by atoms with E-state index < -0.39 is 0 Å². The highest BCUT2D eigenvalue weighted by molar-refractivity contribution is 6.02. The van der Waals surface area contributed by atoms with Crippen molar-refractivity contribution in [1.82, 2.24) is 0 Å². The van der Waals surface area contributed by atoms with E-state index in [1.807, 2.05) is 48.5 Å². The third-order valence-electron chi connectivity index (χ3n) is 5.63. The topological polar surface area (TPSA) is 46.5 Å². The Morgan fingerprint density at radius 3 is 2.03 bits per heavy atom. The molecule has 3 heteroatoms. The van der Waals surface area contributed by atoms with Gasteiger partial charge in [-0.25, -0.2) is 0 Å². The number of hydrogen-bond acceptors (Lipinski definition) is 3. The van der Waals surface area contributed by atoms with Crippen LogP contribution in [0.5, 0.6) is 11.5 Å². The molecule has 5 aromatic rings. The molecule has 0 aliphatic rings. The molecule has 31 heavy (non-hydrogen) atoms. The van der Waals surface area contributed by atoms with E-state index in [9.17, 15) is 9.90 Å². The van der Waals surface area contributed by atoms with Crippen molar-refractivity contribution in [3.63, 3.8) is 0 Å². The van der Waals surface area contributed by atoms with Gasteiger partial charge in [-0.15, -0.1) is 0 Å². The molecule has 0 aliphatic carbocycles. The molecule has 5 aromatic carbocycles. The maximum absolute atomic E-state index is 11.3. The van der Waals surface area contributed by atoms with Gasteiger partial charge in [0.15, 0.2) is 6.29 Å². The molecule has 0 radical (unpaired) electrons. The molecular formula is C28H20O3. The number of aromatic hydroxyl groups is 1. The lowest BCUT2D eigenvalue weighted by atomic mass is 9.97. The molecule has 0 fully saturated rings. The highest BCUT2D eigenvalue weighted by atomic mass is 16.5. The van der Waals surface area contributed by atoms with Crippen LogP contribution >= 0.6 is 0 Å². The van der Waals surface area contributed by atoms with Gasteiger partial charge in [0.05, 0.1) is 5.56 Å². The van der Waals surface area contributed by atoms with Crippen LogP contribution in [0.2, 0.25) is 0 Å². The van der Waals surface area contributed by atoms with E-state index >= 15 is 0 Å². The van der Waals surface area contributed by atoms with Crippen LogP contribution < -0.4 is 4.74 Å². The molecule has 0 amide bonds. The summed E-state index contributed by atoms with van der Waals surface area (Å²) in [5, 5.41) is 15.2. The lowest BCUT2D eigenvalue weighted by Gasteiger charge is -2.16. The number of hydrogen-bond donors (Lipinski definition) is 1.